The van der Waals surface area contributed by atoms with Crippen molar-refractivity contribution < 1.29 is 9.90 Å². The molecule has 0 unspecified atom stereocenters. The van der Waals surface area contributed by atoms with Crippen LogP contribution in [0.3, 0.4) is 0 Å². The molecule has 5 heteroatoms. The van der Waals surface area contributed by atoms with E-state index >= 15 is 0 Å². The molecule has 0 radical (unpaired) electrons. The summed E-state index contributed by atoms with van der Waals surface area (Å²) < 4.78 is 1.00. The molecule has 3 aromatic rings. The Morgan fingerprint density at radius 1 is 1.22 bits per heavy atom. The Balaban J connectivity index is 1.78. The number of nitrogens with zero attached hydrogens (tertiary/aromatic N) is 2. The Hall–Kier alpha value is -2.40. The second kappa shape index (κ2) is 5.35. The Morgan fingerprint density at radius 2 is 2.09 bits per heavy atom. The van der Waals surface area contributed by atoms with Gasteiger partial charge in [-0.3, -0.25) is 9.78 Å². The number of aromatic hydroxyl groups is 1. The summed E-state index contributed by atoms with van der Waals surface area (Å²) in [5, 5.41) is 11.1. The summed E-state index contributed by atoms with van der Waals surface area (Å²) in [6.45, 7) is 0.615. The Kier molecular flexibility index (Phi) is 3.31. The average molecular weight is 369 g/mol. The summed E-state index contributed by atoms with van der Waals surface area (Å²) in [5.74, 6) is -0.211. The van der Waals surface area contributed by atoms with Gasteiger partial charge in [0.1, 0.15) is 5.75 Å². The van der Waals surface area contributed by atoms with E-state index in [0.29, 0.717) is 12.1 Å². The van der Waals surface area contributed by atoms with Crippen molar-refractivity contribution in [1.82, 2.24) is 4.98 Å². The predicted molar refractivity (Wildman–Crippen MR) is 92.9 cm³/mol. The van der Waals surface area contributed by atoms with Crippen molar-refractivity contribution in [1.29, 1.82) is 0 Å². The van der Waals surface area contributed by atoms with E-state index in [2.05, 4.69) is 20.9 Å². The smallest absolute Gasteiger partial charge is 0.262 e. The van der Waals surface area contributed by atoms with Gasteiger partial charge in [0.2, 0.25) is 0 Å². The van der Waals surface area contributed by atoms with Crippen LogP contribution in [0, 0.1) is 0 Å². The van der Waals surface area contributed by atoms with E-state index in [1.807, 2.05) is 24.3 Å². The van der Waals surface area contributed by atoms with Gasteiger partial charge in [0.05, 0.1) is 11.1 Å². The number of anilines is 1. The van der Waals surface area contributed by atoms with Gasteiger partial charge in [-0.05, 0) is 48.4 Å². The van der Waals surface area contributed by atoms with Crippen LogP contribution in [0.4, 0.5) is 5.69 Å². The summed E-state index contributed by atoms with van der Waals surface area (Å²) in [7, 11) is 0. The number of amides is 1. The Bertz CT molecular complexity index is 939. The lowest BCUT2D eigenvalue weighted by Crippen LogP contribution is -2.28. The topological polar surface area (TPSA) is 53.4 Å². The van der Waals surface area contributed by atoms with Gasteiger partial charge in [0.15, 0.2) is 0 Å². The van der Waals surface area contributed by atoms with Gasteiger partial charge < -0.3 is 10.0 Å². The van der Waals surface area contributed by atoms with Crippen LogP contribution in [-0.2, 0) is 6.42 Å². The second-order valence-electron chi connectivity index (χ2n) is 5.55. The predicted octanol–water partition coefficient (Wildman–Crippen LogP) is 3.91. The highest BCUT2D eigenvalue weighted by Gasteiger charge is 2.27. The van der Waals surface area contributed by atoms with E-state index in [1.54, 1.807) is 29.3 Å². The fraction of sp³-hybridized carbons (Fsp3) is 0.111. The van der Waals surface area contributed by atoms with E-state index in [0.717, 1.165) is 27.5 Å². The average Bonchev–Trinajstić information content (AvgIpc) is 2.96. The number of aromatic nitrogens is 1. The molecule has 1 aliphatic heterocycles. The van der Waals surface area contributed by atoms with Crippen molar-refractivity contribution in [2.75, 3.05) is 11.4 Å². The number of carbonyl (C=O) groups is 1. The zero-order chi connectivity index (χ0) is 16.0. The Labute approximate surface area is 141 Å². The van der Waals surface area contributed by atoms with Crippen molar-refractivity contribution in [2.45, 2.75) is 6.42 Å². The molecule has 114 valence electrons. The van der Waals surface area contributed by atoms with E-state index < -0.39 is 0 Å². The molecule has 0 saturated carbocycles. The van der Waals surface area contributed by atoms with Gasteiger partial charge in [-0.15, -0.1) is 0 Å². The summed E-state index contributed by atoms with van der Waals surface area (Å²) in [6, 6.07) is 12.8. The van der Waals surface area contributed by atoms with Gasteiger partial charge in [0.25, 0.3) is 5.91 Å². The minimum atomic E-state index is -0.198. The standard InChI is InChI=1S/C18H13BrN2O2/c19-13-3-4-16-12(8-13)5-7-21(16)18(23)14-10-15-11(9-17(14)22)2-1-6-20-15/h1-4,6,8-10,22H,5,7H2. The molecule has 0 bridgehead atoms. The SMILES string of the molecule is O=C(c1cc2ncccc2cc1O)N1CCc2cc(Br)ccc21. The minimum Gasteiger partial charge on any atom is -0.507 e. The number of halogens is 1. The van der Waals surface area contributed by atoms with Crippen LogP contribution in [0.15, 0.2) is 53.1 Å². The number of pyridine rings is 1. The Morgan fingerprint density at radius 3 is 2.96 bits per heavy atom. The largest absolute Gasteiger partial charge is 0.507 e. The quantitative estimate of drug-likeness (QED) is 0.708. The maximum absolute atomic E-state index is 12.9. The molecule has 4 nitrogen and oxygen atoms in total. The van der Waals surface area contributed by atoms with Crippen LogP contribution in [0.1, 0.15) is 15.9 Å². The van der Waals surface area contributed by atoms with Crippen molar-refractivity contribution in [3.63, 3.8) is 0 Å². The molecule has 23 heavy (non-hydrogen) atoms. The number of carbonyl (C=O) groups excluding carboxylic acids is 1. The molecule has 0 fully saturated rings. The first-order valence-electron chi connectivity index (χ1n) is 7.31. The van der Waals surface area contributed by atoms with Crippen LogP contribution in [0.2, 0.25) is 0 Å². The highest BCUT2D eigenvalue weighted by Crippen LogP contribution is 2.33. The first-order chi connectivity index (χ1) is 11.1. The van der Waals surface area contributed by atoms with Crippen molar-refractivity contribution in [3.8, 4) is 5.75 Å². The highest BCUT2D eigenvalue weighted by atomic mass is 79.9. The molecule has 0 atom stereocenters. The molecule has 1 N–H and O–H groups in total. The zero-order valence-corrected chi connectivity index (χ0v) is 13.7. The number of phenols is 1. The maximum atomic E-state index is 12.9. The first-order valence-corrected chi connectivity index (χ1v) is 8.11. The van der Waals surface area contributed by atoms with Gasteiger partial charge in [-0.1, -0.05) is 22.0 Å². The summed E-state index contributed by atoms with van der Waals surface area (Å²) in [5.41, 5.74) is 3.01. The second-order valence-corrected chi connectivity index (χ2v) is 6.46. The normalized spacial score (nSPS) is 13.3. The molecular weight excluding hydrogens is 356 g/mol. The van der Waals surface area contributed by atoms with Crippen LogP contribution in [0.25, 0.3) is 10.9 Å². The number of fused-ring (bicyclic) bond motifs is 2. The molecule has 0 aliphatic carbocycles. The molecule has 1 amide bonds. The number of rotatable bonds is 1. The fourth-order valence-corrected chi connectivity index (χ4v) is 3.41. The van der Waals surface area contributed by atoms with Crippen molar-refractivity contribution in [3.05, 3.63) is 64.3 Å². The lowest BCUT2D eigenvalue weighted by atomic mass is 10.1. The van der Waals surface area contributed by atoms with Gasteiger partial charge in [-0.25, -0.2) is 0 Å². The lowest BCUT2D eigenvalue weighted by Gasteiger charge is -2.18. The summed E-state index contributed by atoms with van der Waals surface area (Å²) in [6.07, 6.45) is 2.49. The molecule has 1 aliphatic rings. The molecule has 4 rings (SSSR count). The van der Waals surface area contributed by atoms with Crippen LogP contribution >= 0.6 is 15.9 Å². The third-order valence-corrected chi connectivity index (χ3v) is 4.63. The fourth-order valence-electron chi connectivity index (χ4n) is 3.01. The molecule has 2 heterocycles. The summed E-state index contributed by atoms with van der Waals surface area (Å²) >= 11 is 3.45. The number of benzene rings is 2. The lowest BCUT2D eigenvalue weighted by molar-refractivity contribution is 0.0987. The number of phenolic OH excluding ortho intramolecular Hbond substituents is 1. The molecular formula is C18H13BrN2O2. The third kappa shape index (κ3) is 2.37. The minimum absolute atomic E-state index is 0.0129. The van der Waals surface area contributed by atoms with Gasteiger partial charge in [-0.2, -0.15) is 0 Å². The van der Waals surface area contributed by atoms with Crippen molar-refractivity contribution in [2.24, 2.45) is 0 Å². The van der Waals surface area contributed by atoms with Crippen LogP contribution in [-0.4, -0.2) is 22.5 Å². The maximum Gasteiger partial charge on any atom is 0.262 e. The number of hydrogen-bond acceptors (Lipinski definition) is 3. The van der Waals surface area contributed by atoms with Crippen LogP contribution in [0.5, 0.6) is 5.75 Å². The third-order valence-electron chi connectivity index (χ3n) is 4.13. The molecule has 0 saturated heterocycles. The monoisotopic (exact) mass is 368 g/mol. The highest BCUT2D eigenvalue weighted by molar-refractivity contribution is 9.10. The first kappa shape index (κ1) is 14.2. The molecule has 2 aromatic carbocycles. The molecule has 0 spiro atoms. The van der Waals surface area contributed by atoms with E-state index in [1.165, 1.54) is 0 Å². The van der Waals surface area contributed by atoms with Gasteiger partial charge >= 0.3 is 0 Å². The number of hydrogen-bond donors (Lipinski definition) is 1. The summed E-state index contributed by atoms with van der Waals surface area (Å²) in [4.78, 5) is 18.9. The van der Waals surface area contributed by atoms with E-state index in [9.17, 15) is 9.90 Å². The van der Waals surface area contributed by atoms with Crippen molar-refractivity contribution >= 4 is 38.4 Å². The van der Waals surface area contributed by atoms with E-state index in [-0.39, 0.29) is 17.2 Å². The van der Waals surface area contributed by atoms with Gasteiger partial charge in [0, 0.05) is 28.3 Å². The van der Waals surface area contributed by atoms with Crippen LogP contribution < -0.4 is 4.90 Å². The molecule has 1 aromatic heterocycles. The van der Waals surface area contributed by atoms with E-state index in [4.69, 9.17) is 0 Å². The zero-order valence-electron chi connectivity index (χ0n) is 12.2.